The minimum absolute atomic E-state index is 0.0598. The predicted octanol–water partition coefficient (Wildman–Crippen LogP) is 2.74. The lowest BCUT2D eigenvalue weighted by Gasteiger charge is -2.38. The smallest absolute Gasteiger partial charge is 0.251 e. The number of amides is 1. The van der Waals surface area contributed by atoms with E-state index in [2.05, 4.69) is 0 Å². The minimum Gasteiger partial charge on any atom is -0.372 e. The second-order valence-electron chi connectivity index (χ2n) is 5.02. The number of carbonyl (C=O) groups excluding carboxylic acids is 1. The van der Waals surface area contributed by atoms with Crippen LogP contribution in [0.15, 0.2) is 24.3 Å². The van der Waals surface area contributed by atoms with Crippen LogP contribution in [0, 0.1) is 5.82 Å². The van der Waals surface area contributed by atoms with E-state index in [-0.39, 0.29) is 17.8 Å². The van der Waals surface area contributed by atoms with Crippen LogP contribution in [0.4, 0.5) is 4.39 Å². The number of benzene rings is 1. The van der Waals surface area contributed by atoms with Crippen LogP contribution in [0.5, 0.6) is 0 Å². The number of nitrogens with zero attached hydrogens (tertiary/aromatic N) is 1. The van der Waals surface area contributed by atoms with E-state index in [4.69, 9.17) is 4.74 Å². The number of methoxy groups -OCH3 is 1. The van der Waals surface area contributed by atoms with Crippen molar-refractivity contribution in [1.29, 1.82) is 0 Å². The van der Waals surface area contributed by atoms with Gasteiger partial charge in [-0.2, -0.15) is 0 Å². The van der Waals surface area contributed by atoms with Crippen molar-refractivity contribution in [3.63, 3.8) is 0 Å². The molecule has 1 amide bonds. The molecule has 3 nitrogen and oxygen atoms in total. The molecule has 0 heterocycles. The van der Waals surface area contributed by atoms with Gasteiger partial charge in [-0.05, 0) is 32.3 Å². The Morgan fingerprint density at radius 1 is 1.47 bits per heavy atom. The fourth-order valence-corrected chi connectivity index (χ4v) is 2.23. The lowest BCUT2D eigenvalue weighted by molar-refractivity contribution is -0.146. The number of carbonyl (C=O) groups is 1. The first-order valence-corrected chi connectivity index (χ1v) is 6.70. The van der Waals surface area contributed by atoms with Crippen LogP contribution >= 0.6 is 0 Å². The summed E-state index contributed by atoms with van der Waals surface area (Å²) in [5.74, 6) is -0.319. The molecule has 0 saturated heterocycles. The molecule has 0 bridgehead atoms. The lowest BCUT2D eigenvalue weighted by atomic mass is 9.90. The highest BCUT2D eigenvalue weighted by Gasteiger charge is 2.31. The molecule has 1 aromatic carbocycles. The topological polar surface area (TPSA) is 29.5 Å². The van der Waals surface area contributed by atoms with Gasteiger partial charge in [-0.3, -0.25) is 4.79 Å². The SMILES string of the molecule is CO[C@H](C)C(=O)N(Cc1ccccc1F)C1CCC1. The molecule has 0 radical (unpaired) electrons. The first kappa shape index (κ1) is 14.0. The van der Waals surface area contributed by atoms with Crippen LogP contribution in [0.1, 0.15) is 31.7 Å². The normalized spacial score (nSPS) is 16.8. The van der Waals surface area contributed by atoms with Gasteiger partial charge in [-0.15, -0.1) is 0 Å². The van der Waals surface area contributed by atoms with Gasteiger partial charge in [0.15, 0.2) is 0 Å². The zero-order chi connectivity index (χ0) is 13.8. The summed E-state index contributed by atoms with van der Waals surface area (Å²) in [4.78, 5) is 14.1. The molecule has 0 aromatic heterocycles. The Balaban J connectivity index is 2.14. The van der Waals surface area contributed by atoms with Gasteiger partial charge in [0.05, 0.1) is 0 Å². The van der Waals surface area contributed by atoms with Gasteiger partial charge in [0, 0.05) is 25.3 Å². The van der Waals surface area contributed by atoms with E-state index in [1.54, 1.807) is 30.0 Å². The third-order valence-corrected chi connectivity index (χ3v) is 3.80. The van der Waals surface area contributed by atoms with Crippen molar-refractivity contribution in [2.24, 2.45) is 0 Å². The fourth-order valence-electron chi connectivity index (χ4n) is 2.23. The van der Waals surface area contributed by atoms with Crippen LogP contribution in [0.3, 0.4) is 0 Å². The van der Waals surface area contributed by atoms with Gasteiger partial charge in [0.1, 0.15) is 11.9 Å². The van der Waals surface area contributed by atoms with Gasteiger partial charge in [-0.1, -0.05) is 18.2 Å². The molecule has 1 aromatic rings. The zero-order valence-corrected chi connectivity index (χ0v) is 11.4. The first-order chi connectivity index (χ1) is 9.13. The molecule has 1 saturated carbocycles. The number of ether oxygens (including phenoxy) is 1. The fraction of sp³-hybridized carbons (Fsp3) is 0.533. The van der Waals surface area contributed by atoms with Gasteiger partial charge >= 0.3 is 0 Å². The van der Waals surface area contributed by atoms with Crippen molar-refractivity contribution >= 4 is 5.91 Å². The van der Waals surface area contributed by atoms with E-state index in [0.717, 1.165) is 19.3 Å². The van der Waals surface area contributed by atoms with Crippen molar-refractivity contribution in [3.05, 3.63) is 35.6 Å². The van der Waals surface area contributed by atoms with Crippen LogP contribution < -0.4 is 0 Å². The molecule has 2 rings (SSSR count). The number of halogens is 1. The van der Waals surface area contributed by atoms with Gasteiger partial charge in [0.2, 0.25) is 0 Å². The van der Waals surface area contributed by atoms with E-state index >= 15 is 0 Å². The van der Waals surface area contributed by atoms with Crippen molar-refractivity contribution in [2.75, 3.05) is 7.11 Å². The zero-order valence-electron chi connectivity index (χ0n) is 11.4. The summed E-state index contributed by atoms with van der Waals surface area (Å²) >= 11 is 0. The minimum atomic E-state index is -0.479. The molecule has 4 heteroatoms. The van der Waals surface area contributed by atoms with Crippen molar-refractivity contribution in [1.82, 2.24) is 4.90 Å². The lowest BCUT2D eigenvalue weighted by Crippen LogP contribution is -2.47. The maximum atomic E-state index is 13.7. The molecule has 0 aliphatic heterocycles. The Labute approximate surface area is 113 Å². The Morgan fingerprint density at radius 3 is 2.68 bits per heavy atom. The third kappa shape index (κ3) is 3.13. The molecule has 1 fully saturated rings. The summed E-state index contributed by atoms with van der Waals surface area (Å²) in [5, 5.41) is 0. The number of rotatable bonds is 5. The van der Waals surface area contributed by atoms with E-state index < -0.39 is 6.10 Å². The highest BCUT2D eigenvalue weighted by atomic mass is 19.1. The van der Waals surface area contributed by atoms with E-state index in [1.807, 2.05) is 0 Å². The van der Waals surface area contributed by atoms with Crippen molar-refractivity contribution < 1.29 is 13.9 Å². The molecular weight excluding hydrogens is 245 g/mol. The number of hydrogen-bond donors (Lipinski definition) is 0. The highest BCUT2D eigenvalue weighted by Crippen LogP contribution is 2.27. The van der Waals surface area contributed by atoms with Crippen molar-refractivity contribution in [2.45, 2.75) is 44.9 Å². The summed E-state index contributed by atoms with van der Waals surface area (Å²) in [6.07, 6.45) is 2.65. The second kappa shape index (κ2) is 6.15. The Kier molecular flexibility index (Phi) is 4.53. The van der Waals surface area contributed by atoms with Gasteiger partial charge in [-0.25, -0.2) is 4.39 Å². The summed E-state index contributed by atoms with van der Waals surface area (Å²) in [6.45, 7) is 2.05. The van der Waals surface area contributed by atoms with Gasteiger partial charge in [0.25, 0.3) is 5.91 Å². The molecule has 104 valence electrons. The van der Waals surface area contributed by atoms with Crippen LogP contribution in [-0.4, -0.2) is 30.1 Å². The maximum Gasteiger partial charge on any atom is 0.251 e. The second-order valence-corrected chi connectivity index (χ2v) is 5.02. The third-order valence-electron chi connectivity index (χ3n) is 3.80. The number of hydrogen-bond acceptors (Lipinski definition) is 2. The largest absolute Gasteiger partial charge is 0.372 e. The molecule has 0 unspecified atom stereocenters. The monoisotopic (exact) mass is 265 g/mol. The molecular formula is C15H20FNO2. The molecule has 1 aliphatic rings. The molecule has 0 N–H and O–H groups in total. The summed E-state index contributed by atoms with van der Waals surface area (Å²) in [5.41, 5.74) is 0.561. The average Bonchev–Trinajstić information content (AvgIpc) is 2.36. The van der Waals surface area contributed by atoms with E-state index in [0.29, 0.717) is 12.1 Å². The first-order valence-electron chi connectivity index (χ1n) is 6.70. The Bertz CT molecular complexity index is 446. The summed E-state index contributed by atoms with van der Waals surface area (Å²) in [6, 6.07) is 6.84. The van der Waals surface area contributed by atoms with Gasteiger partial charge < -0.3 is 9.64 Å². The molecule has 1 aliphatic carbocycles. The van der Waals surface area contributed by atoms with E-state index in [1.165, 1.54) is 13.2 Å². The Hall–Kier alpha value is -1.42. The Morgan fingerprint density at radius 2 is 2.16 bits per heavy atom. The summed E-state index contributed by atoms with van der Waals surface area (Å²) < 4.78 is 18.8. The standard InChI is InChI=1S/C15H20FNO2/c1-11(19-2)15(18)17(13-7-5-8-13)10-12-6-3-4-9-14(12)16/h3-4,6,9,11,13H,5,7-8,10H2,1-2H3/t11-/m1/s1. The predicted molar refractivity (Wildman–Crippen MR) is 71.1 cm³/mol. The molecule has 0 spiro atoms. The average molecular weight is 265 g/mol. The maximum absolute atomic E-state index is 13.7. The van der Waals surface area contributed by atoms with Crippen molar-refractivity contribution in [3.8, 4) is 0 Å². The summed E-state index contributed by atoms with van der Waals surface area (Å²) in [7, 11) is 1.52. The molecule has 1 atom stereocenters. The molecule has 19 heavy (non-hydrogen) atoms. The quantitative estimate of drug-likeness (QED) is 0.819. The van der Waals surface area contributed by atoms with E-state index in [9.17, 15) is 9.18 Å². The van der Waals surface area contributed by atoms with Crippen LogP contribution in [0.2, 0.25) is 0 Å². The van der Waals surface area contributed by atoms with Crippen LogP contribution in [0.25, 0.3) is 0 Å². The highest BCUT2D eigenvalue weighted by molar-refractivity contribution is 5.81. The van der Waals surface area contributed by atoms with Crippen LogP contribution in [-0.2, 0) is 16.1 Å².